The zero-order valence-electron chi connectivity index (χ0n) is 21.7. The smallest absolute Gasteiger partial charge is 0.417 e. The van der Waals surface area contributed by atoms with Crippen LogP contribution in [0.1, 0.15) is 51.8 Å². The Morgan fingerprint density at radius 1 is 1.16 bits per heavy atom. The van der Waals surface area contributed by atoms with Crippen molar-refractivity contribution in [2.75, 3.05) is 19.0 Å². The molecule has 0 bridgehead atoms. The number of pyridine rings is 1. The van der Waals surface area contributed by atoms with Crippen LogP contribution in [0.15, 0.2) is 30.5 Å². The molecular weight excluding hydrogens is 515 g/mol. The molecular formula is C26H29F5N2O5. The van der Waals surface area contributed by atoms with Crippen molar-refractivity contribution in [3.63, 3.8) is 0 Å². The molecule has 1 N–H and O–H groups in total. The van der Waals surface area contributed by atoms with Crippen molar-refractivity contribution in [1.82, 2.24) is 4.98 Å². The summed E-state index contributed by atoms with van der Waals surface area (Å²) in [5.41, 5.74) is -3.15. The fourth-order valence-corrected chi connectivity index (χ4v) is 5.09. The lowest BCUT2D eigenvalue weighted by molar-refractivity contribution is -0.272. The number of anilines is 1. The molecule has 2 fully saturated rings. The molecule has 208 valence electrons. The topological polar surface area (TPSA) is 78.9 Å². The average Bonchev–Trinajstić information content (AvgIpc) is 3.28. The molecule has 1 amide bonds. The Morgan fingerprint density at radius 3 is 2.42 bits per heavy atom. The number of methoxy groups -OCH3 is 1. The van der Waals surface area contributed by atoms with Crippen LogP contribution in [-0.4, -0.2) is 48.3 Å². The highest BCUT2D eigenvalue weighted by Gasteiger charge is 2.66. The minimum Gasteiger partial charge on any atom is -0.493 e. The summed E-state index contributed by atoms with van der Waals surface area (Å²) in [5, 5.41) is 2.58. The second kappa shape index (κ2) is 9.42. The molecule has 1 unspecified atom stereocenters. The molecule has 38 heavy (non-hydrogen) atoms. The lowest BCUT2D eigenvalue weighted by Gasteiger charge is -2.32. The fraction of sp³-hybridized carbons (Fsp3) is 0.538. The van der Waals surface area contributed by atoms with E-state index in [-0.39, 0.29) is 17.9 Å². The Kier molecular flexibility index (Phi) is 6.99. The van der Waals surface area contributed by atoms with Gasteiger partial charge in [0.1, 0.15) is 11.7 Å². The molecule has 12 heteroatoms. The van der Waals surface area contributed by atoms with Crippen LogP contribution in [0.2, 0.25) is 0 Å². The van der Waals surface area contributed by atoms with E-state index in [0.717, 1.165) is 26.2 Å². The van der Waals surface area contributed by atoms with Crippen LogP contribution in [0, 0.1) is 17.6 Å². The number of aromatic nitrogens is 1. The SMILES string of the molecule is COc1c([C@H]2[C@H](C(=O)Nc3ccnc(C4(C)COC(C)(C)O4)c3)O[C@@](C)(C(F)(F)F)[C@H]2C)ccc(F)c1F. The lowest BCUT2D eigenvalue weighted by Crippen LogP contribution is -2.47. The van der Waals surface area contributed by atoms with E-state index in [4.69, 9.17) is 18.9 Å². The van der Waals surface area contributed by atoms with Gasteiger partial charge in [-0.2, -0.15) is 17.6 Å². The van der Waals surface area contributed by atoms with E-state index in [1.54, 1.807) is 20.8 Å². The summed E-state index contributed by atoms with van der Waals surface area (Å²) in [5.74, 6) is -7.65. The summed E-state index contributed by atoms with van der Waals surface area (Å²) < 4.78 is 92.9. The molecule has 5 atom stereocenters. The van der Waals surface area contributed by atoms with Crippen LogP contribution in [0.4, 0.5) is 27.6 Å². The Morgan fingerprint density at radius 2 is 1.84 bits per heavy atom. The quantitative estimate of drug-likeness (QED) is 0.505. The highest BCUT2D eigenvalue weighted by Crippen LogP contribution is 2.55. The Balaban J connectivity index is 1.70. The summed E-state index contributed by atoms with van der Waals surface area (Å²) in [6.45, 7) is 7.51. The first kappa shape index (κ1) is 28.2. The van der Waals surface area contributed by atoms with Crippen molar-refractivity contribution in [3.05, 3.63) is 53.4 Å². The third kappa shape index (κ3) is 4.73. The minimum atomic E-state index is -4.86. The van der Waals surface area contributed by atoms with Crippen molar-refractivity contribution in [2.45, 2.75) is 69.8 Å². The summed E-state index contributed by atoms with van der Waals surface area (Å²) >= 11 is 0. The van der Waals surface area contributed by atoms with Gasteiger partial charge in [-0.15, -0.1) is 0 Å². The zero-order valence-corrected chi connectivity index (χ0v) is 21.7. The third-order valence-corrected chi connectivity index (χ3v) is 7.31. The largest absolute Gasteiger partial charge is 0.493 e. The predicted octanol–water partition coefficient (Wildman–Crippen LogP) is 5.44. The first-order valence-electron chi connectivity index (χ1n) is 11.9. The van der Waals surface area contributed by atoms with Crippen LogP contribution < -0.4 is 10.1 Å². The first-order valence-corrected chi connectivity index (χ1v) is 11.9. The molecule has 2 saturated heterocycles. The van der Waals surface area contributed by atoms with E-state index >= 15 is 0 Å². The molecule has 2 aliphatic rings. The molecule has 0 spiro atoms. The second-order valence-electron chi connectivity index (χ2n) is 10.4. The van der Waals surface area contributed by atoms with Gasteiger partial charge in [0.15, 0.2) is 23.0 Å². The standard InChI is InChI=1S/C26H29F5N2O5/c1-13-18(15-7-8-16(27)19(28)20(15)35-6)21(37-25(13,5)26(29,30)31)22(34)33-14-9-10-32-17(11-14)24(4)12-36-23(2,3)38-24/h7-11,13,18,21H,12H2,1-6H3,(H,32,33,34)/t13-,18-,21+,24?,25+/m0/s1. The summed E-state index contributed by atoms with van der Waals surface area (Å²) in [6.07, 6.45) is -5.16. The maximum absolute atomic E-state index is 14.5. The molecule has 3 heterocycles. The van der Waals surface area contributed by atoms with Crippen molar-refractivity contribution < 1.29 is 45.7 Å². The molecule has 0 saturated carbocycles. The molecule has 2 aromatic rings. The van der Waals surface area contributed by atoms with Gasteiger partial charge in [-0.3, -0.25) is 9.78 Å². The number of hydrogen-bond acceptors (Lipinski definition) is 6. The summed E-state index contributed by atoms with van der Waals surface area (Å²) in [7, 11) is 1.06. The fourth-order valence-electron chi connectivity index (χ4n) is 5.09. The van der Waals surface area contributed by atoms with Gasteiger partial charge in [0, 0.05) is 29.3 Å². The van der Waals surface area contributed by atoms with Crippen molar-refractivity contribution >= 4 is 11.6 Å². The van der Waals surface area contributed by atoms with E-state index in [0.29, 0.717) is 5.69 Å². The molecule has 0 radical (unpaired) electrons. The second-order valence-corrected chi connectivity index (χ2v) is 10.4. The summed E-state index contributed by atoms with van der Waals surface area (Å²) in [4.78, 5) is 17.7. The van der Waals surface area contributed by atoms with Gasteiger partial charge in [0.25, 0.3) is 5.91 Å². The predicted molar refractivity (Wildman–Crippen MR) is 125 cm³/mol. The number of alkyl halides is 3. The van der Waals surface area contributed by atoms with Gasteiger partial charge >= 0.3 is 6.18 Å². The first-order chi connectivity index (χ1) is 17.5. The maximum atomic E-state index is 14.5. The highest BCUT2D eigenvalue weighted by molar-refractivity contribution is 5.95. The maximum Gasteiger partial charge on any atom is 0.417 e. The lowest BCUT2D eigenvalue weighted by atomic mass is 9.77. The number of ether oxygens (including phenoxy) is 4. The van der Waals surface area contributed by atoms with Crippen molar-refractivity contribution in [2.24, 2.45) is 5.92 Å². The van der Waals surface area contributed by atoms with Crippen LogP contribution >= 0.6 is 0 Å². The number of carbonyl (C=O) groups is 1. The number of benzene rings is 1. The van der Waals surface area contributed by atoms with Crippen LogP contribution in [0.5, 0.6) is 5.75 Å². The zero-order chi connectivity index (χ0) is 28.3. The van der Waals surface area contributed by atoms with Gasteiger partial charge in [-0.05, 0) is 45.9 Å². The van der Waals surface area contributed by atoms with Crippen LogP contribution in [0.3, 0.4) is 0 Å². The molecule has 1 aromatic carbocycles. The van der Waals surface area contributed by atoms with Crippen molar-refractivity contribution in [3.8, 4) is 5.75 Å². The number of halogens is 5. The van der Waals surface area contributed by atoms with E-state index in [1.807, 2.05) is 0 Å². The molecule has 4 rings (SSSR count). The van der Waals surface area contributed by atoms with Crippen molar-refractivity contribution in [1.29, 1.82) is 0 Å². The molecule has 0 aliphatic carbocycles. The van der Waals surface area contributed by atoms with Gasteiger partial charge in [-0.25, -0.2) is 4.39 Å². The van der Waals surface area contributed by atoms with Gasteiger partial charge < -0.3 is 24.3 Å². The van der Waals surface area contributed by atoms with Crippen LogP contribution in [0.25, 0.3) is 0 Å². The van der Waals surface area contributed by atoms with Gasteiger partial charge in [0.05, 0.1) is 19.4 Å². The normalized spacial score (nSPS) is 30.9. The van der Waals surface area contributed by atoms with Gasteiger partial charge in [0.2, 0.25) is 5.82 Å². The van der Waals surface area contributed by atoms with Gasteiger partial charge in [-0.1, -0.05) is 13.0 Å². The number of amides is 1. The molecule has 2 aliphatic heterocycles. The Labute approximate surface area is 216 Å². The highest BCUT2D eigenvalue weighted by atomic mass is 19.4. The number of hydrogen-bond donors (Lipinski definition) is 1. The number of carbonyl (C=O) groups excluding carboxylic acids is 1. The van der Waals surface area contributed by atoms with Crippen LogP contribution in [-0.2, 0) is 24.6 Å². The number of nitrogens with one attached hydrogen (secondary N) is 1. The number of nitrogens with zero attached hydrogens (tertiary/aromatic N) is 1. The monoisotopic (exact) mass is 544 g/mol. The Bertz CT molecular complexity index is 1240. The minimum absolute atomic E-state index is 0.117. The average molecular weight is 545 g/mol. The third-order valence-electron chi connectivity index (χ3n) is 7.31. The van der Waals surface area contributed by atoms with E-state index in [1.165, 1.54) is 25.3 Å². The van der Waals surface area contributed by atoms with E-state index in [9.17, 15) is 26.7 Å². The van der Waals surface area contributed by atoms with E-state index < -0.39 is 64.4 Å². The molecule has 7 nitrogen and oxygen atoms in total. The Hall–Kier alpha value is -2.83. The molecule has 1 aromatic heterocycles. The number of rotatable bonds is 5. The van der Waals surface area contributed by atoms with E-state index in [2.05, 4.69) is 10.3 Å². The summed E-state index contributed by atoms with van der Waals surface area (Å²) in [6, 6.07) is 4.87.